The minimum Gasteiger partial charge on any atom is -0.418 e. The molecular formula is C25H17Cl3F3N7O. The first-order chi connectivity index (χ1) is 18.7. The maximum atomic E-state index is 14.0. The highest BCUT2D eigenvalue weighted by molar-refractivity contribution is 6.35. The van der Waals surface area contributed by atoms with Crippen LogP contribution in [0.25, 0.3) is 28.5 Å². The number of aromatic nitrogens is 7. The van der Waals surface area contributed by atoms with E-state index in [1.807, 2.05) is 0 Å². The van der Waals surface area contributed by atoms with E-state index in [0.717, 1.165) is 0 Å². The molecule has 0 aliphatic heterocycles. The highest BCUT2D eigenvalue weighted by atomic mass is 35.5. The molecule has 0 spiro atoms. The van der Waals surface area contributed by atoms with Crippen LogP contribution in [0.4, 0.5) is 13.2 Å². The van der Waals surface area contributed by atoms with Gasteiger partial charge in [-0.1, -0.05) is 53.4 Å². The van der Waals surface area contributed by atoms with Gasteiger partial charge >= 0.3 is 6.18 Å². The van der Waals surface area contributed by atoms with Crippen molar-refractivity contribution in [2.24, 2.45) is 0 Å². The van der Waals surface area contributed by atoms with Crippen LogP contribution in [0.2, 0.25) is 15.1 Å². The van der Waals surface area contributed by atoms with E-state index in [2.05, 4.69) is 20.3 Å². The lowest BCUT2D eigenvalue weighted by molar-refractivity contribution is -0.219. The molecule has 1 aliphatic carbocycles. The van der Waals surface area contributed by atoms with Crippen molar-refractivity contribution in [3.63, 3.8) is 0 Å². The van der Waals surface area contributed by atoms with E-state index in [9.17, 15) is 13.2 Å². The first-order valence-electron chi connectivity index (χ1n) is 11.7. The number of hydrogen-bond acceptors (Lipinski definition) is 6. The SMILES string of the molecule is FC(F)(F)C1(c2nnc(-c3nn(-c4ccc(Cl)cc4Cl)c(-c4ccc(Cl)cc4)c3Cn3cncn3)o2)CCC1. The molecule has 3 aromatic heterocycles. The predicted octanol–water partition coefficient (Wildman–Crippen LogP) is 7.17. The quantitative estimate of drug-likeness (QED) is 0.207. The maximum Gasteiger partial charge on any atom is 0.403 e. The van der Waals surface area contributed by atoms with Crippen LogP contribution < -0.4 is 0 Å². The molecule has 1 saturated carbocycles. The third-order valence-electron chi connectivity index (χ3n) is 6.81. The summed E-state index contributed by atoms with van der Waals surface area (Å²) in [6.45, 7) is 0.140. The van der Waals surface area contributed by atoms with Crippen molar-refractivity contribution in [1.82, 2.24) is 34.7 Å². The van der Waals surface area contributed by atoms with Gasteiger partial charge in [-0.3, -0.25) is 0 Å². The molecule has 1 fully saturated rings. The van der Waals surface area contributed by atoms with Gasteiger partial charge in [0.1, 0.15) is 18.1 Å². The zero-order valence-electron chi connectivity index (χ0n) is 19.8. The predicted molar refractivity (Wildman–Crippen MR) is 138 cm³/mol. The lowest BCUT2D eigenvalue weighted by atomic mass is 9.68. The molecule has 2 aromatic carbocycles. The average Bonchev–Trinajstić information content (AvgIpc) is 3.59. The smallest absolute Gasteiger partial charge is 0.403 e. The molecule has 0 saturated heterocycles. The van der Waals surface area contributed by atoms with Crippen molar-refractivity contribution in [3.8, 4) is 28.5 Å². The number of alkyl halides is 3. The highest BCUT2D eigenvalue weighted by Crippen LogP contribution is 2.54. The fourth-order valence-corrected chi connectivity index (χ4v) is 5.26. The number of hydrogen-bond donors (Lipinski definition) is 0. The Bertz CT molecular complexity index is 1640. The summed E-state index contributed by atoms with van der Waals surface area (Å²) in [5.41, 5.74) is 0.295. The molecule has 14 heteroatoms. The summed E-state index contributed by atoms with van der Waals surface area (Å²) in [6, 6.07) is 11.9. The first-order valence-corrected chi connectivity index (χ1v) is 12.9. The highest BCUT2D eigenvalue weighted by Gasteiger charge is 2.63. The molecule has 0 amide bonds. The van der Waals surface area contributed by atoms with Crippen LogP contribution in [-0.4, -0.2) is 40.9 Å². The van der Waals surface area contributed by atoms with E-state index in [-0.39, 0.29) is 31.0 Å². The molecule has 0 bridgehead atoms. The molecule has 0 atom stereocenters. The Kier molecular flexibility index (Phi) is 6.40. The van der Waals surface area contributed by atoms with Gasteiger partial charge in [0.05, 0.1) is 22.9 Å². The first kappa shape index (κ1) is 25.8. The summed E-state index contributed by atoms with van der Waals surface area (Å²) in [7, 11) is 0. The number of benzene rings is 2. The van der Waals surface area contributed by atoms with Gasteiger partial charge < -0.3 is 4.42 Å². The van der Waals surface area contributed by atoms with Crippen LogP contribution in [0, 0.1) is 0 Å². The van der Waals surface area contributed by atoms with Crippen LogP contribution in [0.5, 0.6) is 0 Å². The molecule has 3 heterocycles. The zero-order chi connectivity index (χ0) is 27.4. The van der Waals surface area contributed by atoms with Gasteiger partial charge in [-0.2, -0.15) is 23.4 Å². The minimum atomic E-state index is -4.52. The van der Waals surface area contributed by atoms with Gasteiger partial charge in [0.15, 0.2) is 5.69 Å². The largest absolute Gasteiger partial charge is 0.418 e. The second-order valence-corrected chi connectivity index (χ2v) is 10.4. The third kappa shape index (κ3) is 4.48. The van der Waals surface area contributed by atoms with E-state index >= 15 is 0 Å². The molecule has 39 heavy (non-hydrogen) atoms. The Balaban J connectivity index is 1.59. The summed E-state index contributed by atoms with van der Waals surface area (Å²) in [4.78, 5) is 4.00. The third-order valence-corrected chi connectivity index (χ3v) is 7.60. The normalized spacial score (nSPS) is 14.9. The number of halogens is 6. The van der Waals surface area contributed by atoms with E-state index in [0.29, 0.717) is 44.0 Å². The summed E-state index contributed by atoms with van der Waals surface area (Å²) in [5, 5.41) is 18.0. The fraction of sp³-hybridized carbons (Fsp3) is 0.240. The zero-order valence-corrected chi connectivity index (χ0v) is 22.1. The molecule has 0 unspecified atom stereocenters. The van der Waals surface area contributed by atoms with Crippen LogP contribution in [-0.2, 0) is 12.0 Å². The lowest BCUT2D eigenvalue weighted by Gasteiger charge is -2.39. The Labute approximate surface area is 234 Å². The van der Waals surface area contributed by atoms with Crippen LogP contribution in [0.15, 0.2) is 59.5 Å². The molecule has 6 rings (SSSR count). The van der Waals surface area contributed by atoms with Gasteiger partial charge in [0.25, 0.3) is 5.89 Å². The molecule has 8 nitrogen and oxygen atoms in total. The standard InChI is InChI=1S/C25H17Cl3F3N7O/c26-15-4-2-14(3-5-15)21-17(11-37-13-32-12-33-37)20(36-38(21)19-7-6-16(27)10-18(19)28)22-34-35-23(39-22)24(8-1-9-24)25(29,30)31/h2-7,10,12-13H,1,8-9,11H2. The Morgan fingerprint density at radius 2 is 1.72 bits per heavy atom. The van der Waals surface area contributed by atoms with E-state index < -0.39 is 17.5 Å². The van der Waals surface area contributed by atoms with Crippen molar-refractivity contribution in [3.05, 3.63) is 81.6 Å². The summed E-state index contributed by atoms with van der Waals surface area (Å²) < 4.78 is 50.9. The molecular weight excluding hydrogens is 578 g/mol. The number of rotatable bonds is 6. The van der Waals surface area contributed by atoms with Crippen LogP contribution in [0.3, 0.4) is 0 Å². The molecule has 1 aliphatic rings. The lowest BCUT2D eigenvalue weighted by Crippen LogP contribution is -2.48. The van der Waals surface area contributed by atoms with Gasteiger partial charge in [-0.15, -0.1) is 10.2 Å². The van der Waals surface area contributed by atoms with Crippen molar-refractivity contribution in [2.45, 2.75) is 37.4 Å². The number of nitrogens with zero attached hydrogens (tertiary/aromatic N) is 7. The second kappa shape index (κ2) is 9.65. The Hall–Kier alpha value is -3.41. The van der Waals surface area contributed by atoms with Crippen LogP contribution >= 0.6 is 34.8 Å². The minimum absolute atomic E-state index is 0.116. The molecule has 200 valence electrons. The van der Waals surface area contributed by atoms with Gasteiger partial charge in [-0.05, 0) is 43.2 Å². The van der Waals surface area contributed by atoms with E-state index in [4.69, 9.17) is 44.3 Å². The van der Waals surface area contributed by atoms with E-state index in [1.54, 1.807) is 51.8 Å². The topological polar surface area (TPSA) is 87.5 Å². The summed E-state index contributed by atoms with van der Waals surface area (Å²) >= 11 is 18.9. The molecule has 0 N–H and O–H groups in total. The molecule has 0 radical (unpaired) electrons. The Morgan fingerprint density at radius 1 is 0.974 bits per heavy atom. The summed E-state index contributed by atoms with van der Waals surface area (Å²) in [5.74, 6) is -0.634. The maximum absolute atomic E-state index is 14.0. The van der Waals surface area contributed by atoms with Crippen molar-refractivity contribution >= 4 is 34.8 Å². The Morgan fingerprint density at radius 3 is 2.33 bits per heavy atom. The van der Waals surface area contributed by atoms with E-state index in [1.165, 1.54) is 12.7 Å². The monoisotopic (exact) mass is 593 g/mol. The van der Waals surface area contributed by atoms with Gasteiger partial charge in [-0.25, -0.2) is 14.3 Å². The average molecular weight is 595 g/mol. The van der Waals surface area contributed by atoms with Gasteiger partial charge in [0.2, 0.25) is 5.89 Å². The summed E-state index contributed by atoms with van der Waals surface area (Å²) in [6.07, 6.45) is -1.46. The van der Waals surface area contributed by atoms with Gasteiger partial charge in [0, 0.05) is 21.2 Å². The second-order valence-electron chi connectivity index (χ2n) is 9.13. The fourth-order valence-electron chi connectivity index (χ4n) is 4.64. The van der Waals surface area contributed by atoms with Crippen LogP contribution in [0.1, 0.15) is 30.7 Å². The molecule has 5 aromatic rings. The van der Waals surface area contributed by atoms with Crippen molar-refractivity contribution in [2.75, 3.05) is 0 Å². The van der Waals surface area contributed by atoms with Crippen molar-refractivity contribution < 1.29 is 17.6 Å². The van der Waals surface area contributed by atoms with Crippen molar-refractivity contribution in [1.29, 1.82) is 0 Å².